The van der Waals surface area contributed by atoms with Crippen LogP contribution in [0, 0.1) is 12.8 Å². The normalized spacial score (nSPS) is 24.0. The van der Waals surface area contributed by atoms with Crippen molar-refractivity contribution in [3.63, 3.8) is 0 Å². The number of hydrogen-bond acceptors (Lipinski definition) is 4. The second kappa shape index (κ2) is 5.75. The molecule has 1 heterocycles. The van der Waals surface area contributed by atoms with Crippen LogP contribution in [-0.2, 0) is 10.0 Å². The lowest BCUT2D eigenvalue weighted by Gasteiger charge is -2.33. The lowest BCUT2D eigenvalue weighted by atomic mass is 9.98. The lowest BCUT2D eigenvalue weighted by molar-refractivity contribution is 0.0605. The zero-order valence-corrected chi connectivity index (χ0v) is 12.8. The van der Waals surface area contributed by atoms with Crippen molar-refractivity contribution in [2.24, 2.45) is 5.92 Å². The molecule has 0 aliphatic carbocycles. The Balaban J connectivity index is 2.36. The number of aryl methyl sites for hydroxylation is 1. The minimum atomic E-state index is -3.78. The first kappa shape index (κ1) is 15.9. The number of nitrogens with zero attached hydrogens (tertiary/aromatic N) is 1. The SMILES string of the molecule is Cc1ccc(S(=O)(=O)N2CCC(C)C(O)C2)cc1C(=O)O. The van der Waals surface area contributed by atoms with Gasteiger partial charge >= 0.3 is 5.97 Å². The highest BCUT2D eigenvalue weighted by atomic mass is 32.2. The maximum absolute atomic E-state index is 12.5. The highest BCUT2D eigenvalue weighted by Gasteiger charge is 2.33. The van der Waals surface area contributed by atoms with E-state index in [9.17, 15) is 18.3 Å². The van der Waals surface area contributed by atoms with Crippen LogP contribution in [0.3, 0.4) is 0 Å². The number of sulfonamides is 1. The quantitative estimate of drug-likeness (QED) is 0.871. The molecule has 0 aromatic heterocycles. The predicted molar refractivity (Wildman–Crippen MR) is 76.7 cm³/mol. The number of carboxylic acids is 1. The van der Waals surface area contributed by atoms with Crippen molar-refractivity contribution < 1.29 is 23.4 Å². The molecule has 2 unspecified atom stereocenters. The number of piperidine rings is 1. The van der Waals surface area contributed by atoms with Gasteiger partial charge in [-0.3, -0.25) is 0 Å². The largest absolute Gasteiger partial charge is 0.478 e. The zero-order chi connectivity index (χ0) is 15.8. The molecule has 1 aliphatic heterocycles. The number of rotatable bonds is 3. The van der Waals surface area contributed by atoms with E-state index in [4.69, 9.17) is 5.11 Å². The van der Waals surface area contributed by atoms with E-state index in [1.807, 2.05) is 6.92 Å². The Bertz CT molecular complexity index is 655. The van der Waals surface area contributed by atoms with Crippen molar-refractivity contribution in [2.45, 2.75) is 31.3 Å². The Kier molecular flexibility index (Phi) is 4.36. The van der Waals surface area contributed by atoms with Crippen molar-refractivity contribution in [2.75, 3.05) is 13.1 Å². The molecule has 0 saturated carbocycles. The molecule has 21 heavy (non-hydrogen) atoms. The monoisotopic (exact) mass is 313 g/mol. The van der Waals surface area contributed by atoms with Crippen LogP contribution < -0.4 is 0 Å². The van der Waals surface area contributed by atoms with Gasteiger partial charge in [-0.15, -0.1) is 0 Å². The number of aromatic carboxylic acids is 1. The molecular weight excluding hydrogens is 294 g/mol. The third-order valence-electron chi connectivity index (χ3n) is 3.96. The van der Waals surface area contributed by atoms with Crippen molar-refractivity contribution >= 4 is 16.0 Å². The molecule has 2 atom stereocenters. The van der Waals surface area contributed by atoms with Gasteiger partial charge < -0.3 is 10.2 Å². The summed E-state index contributed by atoms with van der Waals surface area (Å²) in [5, 5.41) is 18.9. The zero-order valence-electron chi connectivity index (χ0n) is 12.0. The van der Waals surface area contributed by atoms with Crippen LogP contribution in [0.15, 0.2) is 23.1 Å². The molecule has 2 rings (SSSR count). The fourth-order valence-corrected chi connectivity index (χ4v) is 3.88. The fourth-order valence-electron chi connectivity index (χ4n) is 2.38. The maximum atomic E-state index is 12.5. The van der Waals surface area contributed by atoms with Crippen LogP contribution in [0.4, 0.5) is 0 Å². The van der Waals surface area contributed by atoms with Gasteiger partial charge in [0, 0.05) is 13.1 Å². The molecule has 0 amide bonds. The lowest BCUT2D eigenvalue weighted by Crippen LogP contribution is -2.45. The average molecular weight is 313 g/mol. The first-order chi connectivity index (χ1) is 9.73. The van der Waals surface area contributed by atoms with Crippen molar-refractivity contribution in [3.05, 3.63) is 29.3 Å². The third kappa shape index (κ3) is 3.09. The molecule has 1 aromatic rings. The Morgan fingerprint density at radius 2 is 2.05 bits per heavy atom. The standard InChI is InChI=1S/C14H19NO5S/c1-9-3-4-11(7-12(9)14(17)18)21(19,20)15-6-5-10(2)13(16)8-15/h3-4,7,10,13,16H,5-6,8H2,1-2H3,(H,17,18). The van der Waals surface area contributed by atoms with Gasteiger partial charge in [0.2, 0.25) is 10.0 Å². The first-order valence-electron chi connectivity index (χ1n) is 6.75. The first-order valence-corrected chi connectivity index (χ1v) is 8.19. The van der Waals surface area contributed by atoms with Gasteiger partial charge in [0.1, 0.15) is 0 Å². The molecule has 0 spiro atoms. The summed E-state index contributed by atoms with van der Waals surface area (Å²) >= 11 is 0. The molecule has 7 heteroatoms. The van der Waals surface area contributed by atoms with Crippen LogP contribution in [0.2, 0.25) is 0 Å². The molecule has 116 valence electrons. The van der Waals surface area contributed by atoms with Crippen molar-refractivity contribution in [3.8, 4) is 0 Å². The van der Waals surface area contributed by atoms with Gasteiger partial charge in [-0.25, -0.2) is 13.2 Å². The van der Waals surface area contributed by atoms with Crippen LogP contribution in [-0.4, -0.2) is 48.1 Å². The molecule has 1 saturated heterocycles. The Hall–Kier alpha value is -1.44. The topological polar surface area (TPSA) is 94.9 Å². The van der Waals surface area contributed by atoms with Gasteiger partial charge in [-0.2, -0.15) is 4.31 Å². The van der Waals surface area contributed by atoms with Crippen LogP contribution in [0.1, 0.15) is 29.3 Å². The van der Waals surface area contributed by atoms with E-state index in [2.05, 4.69) is 0 Å². The van der Waals surface area contributed by atoms with Gasteiger partial charge in [0.15, 0.2) is 0 Å². The molecule has 1 aromatic carbocycles. The summed E-state index contributed by atoms with van der Waals surface area (Å²) in [7, 11) is -3.78. The average Bonchev–Trinajstić information content (AvgIpc) is 2.41. The van der Waals surface area contributed by atoms with Crippen LogP contribution >= 0.6 is 0 Å². The molecular formula is C14H19NO5S. The summed E-state index contributed by atoms with van der Waals surface area (Å²) in [4.78, 5) is 11.1. The van der Waals surface area contributed by atoms with E-state index in [0.717, 1.165) is 0 Å². The van der Waals surface area contributed by atoms with Gasteiger partial charge in [-0.05, 0) is 37.0 Å². The summed E-state index contributed by atoms with van der Waals surface area (Å²) in [6.07, 6.45) is -0.115. The summed E-state index contributed by atoms with van der Waals surface area (Å²) in [5.74, 6) is -1.10. The van der Waals surface area contributed by atoms with E-state index in [0.29, 0.717) is 18.5 Å². The van der Waals surface area contributed by atoms with E-state index in [-0.39, 0.29) is 22.9 Å². The Morgan fingerprint density at radius 1 is 1.38 bits per heavy atom. The summed E-state index contributed by atoms with van der Waals surface area (Å²) in [5.41, 5.74) is 0.482. The molecule has 0 radical (unpaired) electrons. The summed E-state index contributed by atoms with van der Waals surface area (Å²) in [6, 6.07) is 4.07. The second-order valence-electron chi connectivity index (χ2n) is 5.48. The number of benzene rings is 1. The summed E-state index contributed by atoms with van der Waals surface area (Å²) < 4.78 is 26.3. The maximum Gasteiger partial charge on any atom is 0.335 e. The molecule has 0 bridgehead atoms. The second-order valence-corrected chi connectivity index (χ2v) is 7.42. The fraction of sp³-hybridized carbons (Fsp3) is 0.500. The Labute approximate surface area is 124 Å². The van der Waals surface area contributed by atoms with E-state index in [1.165, 1.54) is 22.5 Å². The molecule has 1 fully saturated rings. The smallest absolute Gasteiger partial charge is 0.335 e. The molecule has 6 nitrogen and oxygen atoms in total. The minimum Gasteiger partial charge on any atom is -0.478 e. The van der Waals surface area contributed by atoms with Gasteiger partial charge in [0.25, 0.3) is 0 Å². The van der Waals surface area contributed by atoms with Crippen LogP contribution in [0.5, 0.6) is 0 Å². The number of β-amino-alcohol motifs (C(OH)–C–C–N with tert-alkyl or cyclic N) is 1. The van der Waals surface area contributed by atoms with Crippen molar-refractivity contribution in [1.82, 2.24) is 4.31 Å². The highest BCUT2D eigenvalue weighted by molar-refractivity contribution is 7.89. The highest BCUT2D eigenvalue weighted by Crippen LogP contribution is 2.25. The van der Waals surface area contributed by atoms with E-state index < -0.39 is 22.1 Å². The van der Waals surface area contributed by atoms with Gasteiger partial charge in [0.05, 0.1) is 16.6 Å². The number of aliphatic hydroxyl groups is 1. The predicted octanol–water partition coefficient (Wildman–Crippen LogP) is 1.08. The Morgan fingerprint density at radius 3 is 2.62 bits per heavy atom. The summed E-state index contributed by atoms with van der Waals surface area (Å²) in [6.45, 7) is 3.87. The van der Waals surface area contributed by atoms with E-state index >= 15 is 0 Å². The number of carboxylic acid groups (broad SMARTS) is 1. The minimum absolute atomic E-state index is 0.0259. The third-order valence-corrected chi connectivity index (χ3v) is 5.82. The number of hydrogen-bond donors (Lipinski definition) is 2. The van der Waals surface area contributed by atoms with Crippen LogP contribution in [0.25, 0.3) is 0 Å². The van der Waals surface area contributed by atoms with Gasteiger partial charge in [-0.1, -0.05) is 13.0 Å². The molecule has 1 aliphatic rings. The number of aliphatic hydroxyl groups excluding tert-OH is 1. The number of carbonyl (C=O) groups is 1. The van der Waals surface area contributed by atoms with Crippen molar-refractivity contribution in [1.29, 1.82) is 0 Å². The van der Waals surface area contributed by atoms with E-state index in [1.54, 1.807) is 6.92 Å². The molecule has 2 N–H and O–H groups in total.